The van der Waals surface area contributed by atoms with E-state index in [1.54, 1.807) is 0 Å². The first-order valence-electron chi connectivity index (χ1n) is 3.44. The van der Waals surface area contributed by atoms with Crippen LogP contribution in [0.2, 0.25) is 0 Å². The molecule has 0 radical (unpaired) electrons. The maximum absolute atomic E-state index is 10.9. The fourth-order valence-electron chi connectivity index (χ4n) is 0.509. The Morgan fingerprint density at radius 3 is 2.50 bits per heavy atom. The molecular weight excluding hydrogens is 164 g/mol. The molecule has 0 aromatic rings. The maximum Gasteiger partial charge on any atom is 0.281 e. The van der Waals surface area contributed by atoms with Crippen molar-refractivity contribution in [1.29, 1.82) is 0 Å². The van der Waals surface area contributed by atoms with Crippen molar-refractivity contribution in [3.8, 4) is 0 Å². The second kappa shape index (κ2) is 4.68. The lowest BCUT2D eigenvalue weighted by molar-refractivity contribution is -0.419. The van der Waals surface area contributed by atoms with Gasteiger partial charge in [-0.3, -0.25) is 4.79 Å². The molecule has 0 unspecified atom stereocenters. The Bertz CT molecular complexity index is 180. The molecule has 0 aliphatic rings. The second-order valence-electron chi connectivity index (χ2n) is 2.44. The van der Waals surface area contributed by atoms with Gasteiger partial charge < -0.3 is 26.1 Å². The van der Waals surface area contributed by atoms with E-state index in [-0.39, 0.29) is 0 Å². The van der Waals surface area contributed by atoms with Gasteiger partial charge in [0.2, 0.25) is 0 Å². The number of carbonyl (C=O) groups excluding carboxylic acids is 2. The Kier molecular flexibility index (Phi) is 4.24. The summed E-state index contributed by atoms with van der Waals surface area (Å²) in [5.74, 6) is -1.98. The van der Waals surface area contributed by atoms with Gasteiger partial charge in [-0.15, -0.1) is 0 Å². The van der Waals surface area contributed by atoms with Crippen molar-refractivity contribution in [1.82, 2.24) is 5.32 Å². The summed E-state index contributed by atoms with van der Waals surface area (Å²) in [7, 11) is 0. The molecule has 2 atom stereocenters. The van der Waals surface area contributed by atoms with Gasteiger partial charge in [0.1, 0.15) is 6.10 Å². The first kappa shape index (κ1) is 10.9. The van der Waals surface area contributed by atoms with Crippen LogP contribution in [0.3, 0.4) is 0 Å². The van der Waals surface area contributed by atoms with E-state index < -0.39 is 30.6 Å². The summed E-state index contributed by atoms with van der Waals surface area (Å²) in [5.41, 5.74) is 3.34. The molecule has 0 saturated carbocycles. The molecule has 1 amide bonds. The summed E-state index contributed by atoms with van der Waals surface area (Å²) >= 11 is 0. The third-order valence-corrected chi connectivity index (χ3v) is 1.33. The zero-order chi connectivity index (χ0) is 9.72. The molecule has 6 heteroatoms. The van der Waals surface area contributed by atoms with Gasteiger partial charge in [0.15, 0.2) is 6.04 Å². The van der Waals surface area contributed by atoms with E-state index in [0.29, 0.717) is 0 Å². The van der Waals surface area contributed by atoms with E-state index in [9.17, 15) is 14.7 Å². The quantitative estimate of drug-likeness (QED) is 0.403. The van der Waals surface area contributed by atoms with Crippen LogP contribution in [0.1, 0.15) is 6.92 Å². The number of hydrogen-bond acceptors (Lipinski definition) is 4. The highest BCUT2D eigenvalue weighted by Crippen LogP contribution is 1.84. The first-order valence-corrected chi connectivity index (χ1v) is 3.44. The molecule has 0 spiro atoms. The number of rotatable bonds is 4. The lowest BCUT2D eigenvalue weighted by Crippen LogP contribution is -2.72. The summed E-state index contributed by atoms with van der Waals surface area (Å²) in [6.45, 7) is 0.841. The fraction of sp³-hybridized carbons (Fsp3) is 0.667. The smallest absolute Gasteiger partial charge is 0.281 e. The summed E-state index contributed by atoms with van der Waals surface area (Å²) in [6.07, 6.45) is -0.897. The van der Waals surface area contributed by atoms with E-state index in [2.05, 4.69) is 5.73 Å². The third kappa shape index (κ3) is 3.89. The van der Waals surface area contributed by atoms with Gasteiger partial charge in [0.05, 0.1) is 12.5 Å². The summed E-state index contributed by atoms with van der Waals surface area (Å²) < 4.78 is 0. The number of carbonyl (C=O) groups is 2. The van der Waals surface area contributed by atoms with Crippen molar-refractivity contribution in [3.63, 3.8) is 0 Å². The Labute approximate surface area is 69.4 Å². The lowest BCUT2D eigenvalue weighted by atomic mass is 10.2. The molecule has 0 aromatic heterocycles. The normalized spacial score (nSPS) is 14.9. The van der Waals surface area contributed by atoms with E-state index in [4.69, 9.17) is 5.11 Å². The van der Waals surface area contributed by atoms with Crippen molar-refractivity contribution in [2.75, 3.05) is 6.54 Å². The molecule has 0 heterocycles. The topological polar surface area (TPSA) is 117 Å². The average molecular weight is 176 g/mol. The minimum absolute atomic E-state index is 0.558. The maximum atomic E-state index is 10.9. The number of nitrogens with one attached hydrogen (secondary N) is 1. The zero-order valence-corrected chi connectivity index (χ0v) is 6.74. The van der Waals surface area contributed by atoms with Gasteiger partial charge in [-0.2, -0.15) is 0 Å². The van der Waals surface area contributed by atoms with Crippen LogP contribution in [0, 0.1) is 0 Å². The number of amides is 1. The van der Waals surface area contributed by atoms with Gasteiger partial charge >= 0.3 is 0 Å². The Morgan fingerprint density at radius 2 is 2.17 bits per heavy atom. The number of aliphatic hydroxyl groups is 1. The van der Waals surface area contributed by atoms with Gasteiger partial charge in [-0.1, -0.05) is 0 Å². The molecular formula is C6H12N2O4. The van der Waals surface area contributed by atoms with Crippen molar-refractivity contribution < 1.29 is 25.5 Å². The predicted octanol–water partition coefficient (Wildman–Crippen LogP) is -4.16. The van der Waals surface area contributed by atoms with Gasteiger partial charge in [0, 0.05) is 0 Å². The molecule has 0 rings (SSSR count). The fourth-order valence-corrected chi connectivity index (χ4v) is 0.509. The van der Waals surface area contributed by atoms with Crippen molar-refractivity contribution in [2.24, 2.45) is 0 Å². The van der Waals surface area contributed by atoms with Crippen LogP contribution in [0.15, 0.2) is 0 Å². The van der Waals surface area contributed by atoms with E-state index in [1.807, 2.05) is 5.32 Å². The van der Waals surface area contributed by atoms with Crippen LogP contribution in [-0.2, 0) is 9.59 Å². The number of carboxylic acids is 1. The summed E-state index contributed by atoms with van der Waals surface area (Å²) in [4.78, 5) is 20.8. The molecule has 5 N–H and O–H groups in total. The van der Waals surface area contributed by atoms with Crippen LogP contribution in [0.4, 0.5) is 0 Å². The molecule has 0 aliphatic carbocycles. The zero-order valence-electron chi connectivity index (χ0n) is 6.74. The molecule has 0 aliphatic heterocycles. The van der Waals surface area contributed by atoms with Crippen molar-refractivity contribution in [3.05, 3.63) is 0 Å². The predicted molar refractivity (Wildman–Crippen MR) is 36.4 cm³/mol. The van der Waals surface area contributed by atoms with Crippen LogP contribution in [0.5, 0.6) is 0 Å². The Balaban J connectivity index is 3.80. The standard InChI is InChI=1S/C6H12N2O4/c1-3(9)5(7)6(12)8-2-4(10)11/h3,5,9H,2,7H2,1H3,(H,8,12)(H,10,11)/t3-,5+/m1/s1. The summed E-state index contributed by atoms with van der Waals surface area (Å²) in [6, 6.07) is -0.857. The van der Waals surface area contributed by atoms with Crippen LogP contribution >= 0.6 is 0 Å². The number of hydrogen-bond donors (Lipinski definition) is 3. The monoisotopic (exact) mass is 176 g/mol. The third-order valence-electron chi connectivity index (χ3n) is 1.33. The highest BCUT2D eigenvalue weighted by molar-refractivity contribution is 5.83. The molecule has 6 nitrogen and oxygen atoms in total. The molecule has 0 saturated heterocycles. The van der Waals surface area contributed by atoms with Crippen molar-refractivity contribution in [2.45, 2.75) is 19.1 Å². The molecule has 0 bridgehead atoms. The Hall–Kier alpha value is -1.14. The van der Waals surface area contributed by atoms with Gasteiger partial charge in [-0.05, 0) is 6.92 Å². The number of aliphatic carboxylic acids is 1. The van der Waals surface area contributed by atoms with E-state index >= 15 is 0 Å². The second-order valence-corrected chi connectivity index (χ2v) is 2.44. The number of carboxylic acid groups (broad SMARTS) is 1. The molecule has 0 fully saturated rings. The van der Waals surface area contributed by atoms with Gasteiger partial charge in [-0.25, -0.2) is 0 Å². The van der Waals surface area contributed by atoms with E-state index in [0.717, 1.165) is 0 Å². The highest BCUT2D eigenvalue weighted by Gasteiger charge is 2.21. The van der Waals surface area contributed by atoms with Gasteiger partial charge in [0.25, 0.3) is 5.91 Å². The molecule has 70 valence electrons. The minimum Gasteiger partial charge on any atom is -0.548 e. The largest absolute Gasteiger partial charge is 0.548 e. The van der Waals surface area contributed by atoms with Crippen molar-refractivity contribution >= 4 is 11.9 Å². The SMILES string of the molecule is C[C@@H](O)[C@H]([NH3+])C(=O)NCC(=O)[O-]. The van der Waals surface area contributed by atoms with Crippen LogP contribution in [-0.4, -0.2) is 35.7 Å². The number of quaternary nitrogens is 1. The molecule has 12 heavy (non-hydrogen) atoms. The number of aliphatic hydroxyl groups excluding tert-OH is 1. The first-order chi connectivity index (χ1) is 5.45. The van der Waals surface area contributed by atoms with Crippen LogP contribution < -0.4 is 16.2 Å². The van der Waals surface area contributed by atoms with E-state index in [1.165, 1.54) is 6.92 Å². The minimum atomic E-state index is -1.37. The molecule has 0 aromatic carbocycles. The van der Waals surface area contributed by atoms with Crippen LogP contribution in [0.25, 0.3) is 0 Å². The average Bonchev–Trinajstić information content (AvgIpc) is 1.98. The Morgan fingerprint density at radius 1 is 1.67 bits per heavy atom. The lowest BCUT2D eigenvalue weighted by Gasteiger charge is -2.11. The summed E-state index contributed by atoms with van der Waals surface area (Å²) in [5, 5.41) is 20.8. The highest BCUT2D eigenvalue weighted by atomic mass is 16.4.